The van der Waals surface area contributed by atoms with Gasteiger partial charge in [-0.25, -0.2) is 9.59 Å². The number of ether oxygens (including phenoxy) is 1. The van der Waals surface area contributed by atoms with Gasteiger partial charge in [0.2, 0.25) is 35.4 Å². The summed E-state index contributed by atoms with van der Waals surface area (Å²) >= 11 is 1.45. The molecule has 21 heteroatoms. The first-order valence-corrected chi connectivity index (χ1v) is 24.7. The number of carbonyl (C=O) groups excluding carboxylic acids is 7. The third kappa shape index (κ3) is 19.7. The molecule has 1 aromatic rings. The molecule has 1 fully saturated rings. The molecule has 6 atom stereocenters. The van der Waals surface area contributed by atoms with Crippen molar-refractivity contribution in [2.75, 3.05) is 24.3 Å². The number of rotatable bonds is 25. The molecular formula is C39H61N7O10S4. The van der Waals surface area contributed by atoms with Gasteiger partial charge in [0.05, 0.1) is 0 Å². The number of hydrogen-bond acceptors (Lipinski definition) is 13. The van der Waals surface area contributed by atoms with Crippen molar-refractivity contribution in [2.45, 2.75) is 128 Å². The maximum absolute atomic E-state index is 13.8. The summed E-state index contributed by atoms with van der Waals surface area (Å²) in [6.07, 6.45) is 1.68. The predicted octanol–water partition coefficient (Wildman–Crippen LogP) is 3.21. The summed E-state index contributed by atoms with van der Waals surface area (Å²) in [4.78, 5) is 106. The Balaban J connectivity index is 2.12. The molecule has 1 aliphatic heterocycles. The lowest BCUT2D eigenvalue weighted by atomic mass is 10.0. The van der Waals surface area contributed by atoms with Crippen LogP contribution in [0.3, 0.4) is 0 Å². The van der Waals surface area contributed by atoms with Crippen LogP contribution in [0.25, 0.3) is 0 Å². The number of carbonyl (C=O) groups is 8. The third-order valence-electron chi connectivity index (χ3n) is 8.83. The molecule has 8 N–H and O–H groups in total. The SMILES string of the molecule is CSCC[C@H](NC(=O)[C@H](CC(C)C)NC(=O)[C@@H]1CCCN1C(=O)[C@H](C)NC(=O)[C@H](CCC(N)=O)NC(=O)OCc1ccccc1)C(=O)N[C@@H](CSSSC(C)(C)C)C(=O)O. The minimum absolute atomic E-state index is 0.0454. The summed E-state index contributed by atoms with van der Waals surface area (Å²) in [5, 5.41) is 22.9. The molecule has 0 spiro atoms. The largest absolute Gasteiger partial charge is 0.480 e. The molecule has 1 aliphatic rings. The second-order valence-electron chi connectivity index (χ2n) is 15.7. The first-order valence-electron chi connectivity index (χ1n) is 19.7. The summed E-state index contributed by atoms with van der Waals surface area (Å²) in [6, 6.07) is 2.09. The fourth-order valence-corrected chi connectivity index (χ4v) is 11.0. The minimum Gasteiger partial charge on any atom is -0.480 e. The molecule has 0 bridgehead atoms. The van der Waals surface area contributed by atoms with Crippen molar-refractivity contribution in [1.29, 1.82) is 0 Å². The summed E-state index contributed by atoms with van der Waals surface area (Å²) in [7, 11) is 4.32. The Morgan fingerprint density at radius 3 is 2.08 bits per heavy atom. The zero-order valence-corrected chi connectivity index (χ0v) is 38.5. The number of thioether (sulfide) groups is 1. The van der Waals surface area contributed by atoms with E-state index in [4.69, 9.17) is 10.5 Å². The molecule has 17 nitrogen and oxygen atoms in total. The normalized spacial score (nSPS) is 16.4. The molecule has 0 radical (unpaired) electrons. The Hall–Kier alpha value is -3.82. The number of nitrogens with zero attached hydrogens (tertiary/aromatic N) is 1. The molecule has 2 rings (SSSR count). The van der Waals surface area contributed by atoms with Gasteiger partial charge >= 0.3 is 12.1 Å². The number of primary amides is 1. The standard InChI is InChI=1S/C39H61N7O10S4/c1-23(2)20-28(34(50)42-27(17-19-57-7)33(49)44-29(37(53)54)22-58-60-59-39(4,5)6)43-35(51)30-14-11-18-46(30)36(52)24(3)41-32(48)26(15-16-31(40)47)45-38(55)56-21-25-12-9-8-10-13-25/h8-10,12-13,23-24,26-30H,11,14-22H2,1-7H3,(H2,40,47)(H,41,48)(H,42,50)(H,43,51)(H,44,49)(H,45,55)(H,53,54)/t24-,26-,27-,28-,29-,30-/m0/s1. The van der Waals surface area contributed by atoms with Crippen molar-refractivity contribution in [3.05, 3.63) is 35.9 Å². The number of benzene rings is 1. The molecule has 1 heterocycles. The third-order valence-corrected chi connectivity index (χ3v) is 14.5. The number of likely N-dealkylation sites (tertiary alicyclic amines) is 1. The van der Waals surface area contributed by atoms with Crippen molar-refractivity contribution < 1.29 is 48.2 Å². The van der Waals surface area contributed by atoms with Crippen molar-refractivity contribution in [1.82, 2.24) is 31.5 Å². The highest BCUT2D eigenvalue weighted by molar-refractivity contribution is 9.09. The molecule has 7 amide bonds. The molecule has 336 valence electrons. The van der Waals surface area contributed by atoms with Gasteiger partial charge in [-0.15, -0.1) is 0 Å². The smallest absolute Gasteiger partial charge is 0.408 e. The Morgan fingerprint density at radius 2 is 1.48 bits per heavy atom. The van der Waals surface area contributed by atoms with Gasteiger partial charge in [-0.2, -0.15) is 11.8 Å². The molecule has 1 saturated heterocycles. The average molecular weight is 916 g/mol. The summed E-state index contributed by atoms with van der Waals surface area (Å²) < 4.78 is 5.18. The Labute approximate surface area is 368 Å². The number of hydrogen-bond donors (Lipinski definition) is 7. The topological polar surface area (TPSA) is 255 Å². The molecule has 60 heavy (non-hydrogen) atoms. The van der Waals surface area contributed by atoms with Crippen LogP contribution in [-0.2, 0) is 44.9 Å². The van der Waals surface area contributed by atoms with Crippen LogP contribution in [0.5, 0.6) is 0 Å². The van der Waals surface area contributed by atoms with E-state index in [1.165, 1.54) is 44.2 Å². The van der Waals surface area contributed by atoms with Crippen LogP contribution in [0.1, 0.15) is 85.6 Å². The first kappa shape index (κ1) is 52.3. The first-order chi connectivity index (χ1) is 28.2. The van der Waals surface area contributed by atoms with E-state index in [9.17, 15) is 43.5 Å². The van der Waals surface area contributed by atoms with E-state index in [0.717, 1.165) is 0 Å². The van der Waals surface area contributed by atoms with Gasteiger partial charge in [0.1, 0.15) is 42.9 Å². The van der Waals surface area contributed by atoms with Gasteiger partial charge in [-0.05, 0) is 72.3 Å². The van der Waals surface area contributed by atoms with E-state index in [1.54, 1.807) is 41.1 Å². The maximum Gasteiger partial charge on any atom is 0.408 e. The highest BCUT2D eigenvalue weighted by atomic mass is 33.5. The number of carboxylic acid groups (broad SMARTS) is 1. The lowest BCUT2D eigenvalue weighted by molar-refractivity contribution is -0.142. The van der Waals surface area contributed by atoms with E-state index in [0.29, 0.717) is 17.7 Å². The molecule has 1 aromatic carbocycles. The maximum atomic E-state index is 13.8. The zero-order chi connectivity index (χ0) is 45.0. The van der Waals surface area contributed by atoms with Gasteiger partial charge in [0, 0.05) is 23.5 Å². The second-order valence-corrected chi connectivity index (χ2v) is 21.6. The van der Waals surface area contributed by atoms with Crippen molar-refractivity contribution in [2.24, 2.45) is 11.7 Å². The number of amides is 7. The van der Waals surface area contributed by atoms with E-state index >= 15 is 0 Å². The van der Waals surface area contributed by atoms with Gasteiger partial charge in [0.25, 0.3) is 0 Å². The molecule has 0 unspecified atom stereocenters. The molecular weight excluding hydrogens is 855 g/mol. The average Bonchev–Trinajstić information content (AvgIpc) is 3.67. The van der Waals surface area contributed by atoms with Crippen molar-refractivity contribution >= 4 is 90.7 Å². The number of aliphatic carboxylic acids is 1. The predicted molar refractivity (Wildman–Crippen MR) is 238 cm³/mol. The highest BCUT2D eigenvalue weighted by Gasteiger charge is 2.39. The van der Waals surface area contributed by atoms with E-state index in [1.807, 2.05) is 40.9 Å². The van der Waals surface area contributed by atoms with Crippen molar-refractivity contribution in [3.63, 3.8) is 0 Å². The van der Waals surface area contributed by atoms with Gasteiger partial charge in [-0.3, -0.25) is 28.8 Å². The lowest BCUT2D eigenvalue weighted by Gasteiger charge is -2.30. The molecule has 0 aromatic heterocycles. The Kier molecular flexibility index (Phi) is 23.1. The van der Waals surface area contributed by atoms with Gasteiger partial charge in [0.15, 0.2) is 0 Å². The molecule has 0 saturated carbocycles. The summed E-state index contributed by atoms with van der Waals surface area (Å²) in [6.45, 7) is 11.4. The number of nitrogens with two attached hydrogens (primary N) is 1. The number of alkyl carbamates (subject to hydrolysis) is 1. The van der Waals surface area contributed by atoms with E-state index < -0.39 is 83.8 Å². The minimum atomic E-state index is -1.27. The monoisotopic (exact) mass is 915 g/mol. The van der Waals surface area contributed by atoms with Gasteiger partial charge < -0.3 is 47.1 Å². The Morgan fingerprint density at radius 1 is 0.867 bits per heavy atom. The van der Waals surface area contributed by atoms with Crippen LogP contribution in [0.4, 0.5) is 4.79 Å². The fraction of sp³-hybridized carbons (Fsp3) is 0.641. The summed E-state index contributed by atoms with van der Waals surface area (Å²) in [5.41, 5.74) is 6.01. The van der Waals surface area contributed by atoms with Crippen LogP contribution in [0.15, 0.2) is 30.3 Å². The Bertz CT molecular complexity index is 1620. The molecule has 0 aliphatic carbocycles. The lowest BCUT2D eigenvalue weighted by Crippen LogP contribution is -2.59. The zero-order valence-electron chi connectivity index (χ0n) is 35.3. The van der Waals surface area contributed by atoms with Crippen LogP contribution in [-0.4, -0.2) is 123 Å². The van der Waals surface area contributed by atoms with Crippen molar-refractivity contribution in [3.8, 4) is 0 Å². The number of nitrogens with one attached hydrogen (secondary N) is 5. The van der Waals surface area contributed by atoms with Gasteiger partial charge in [-0.1, -0.05) is 86.5 Å². The summed E-state index contributed by atoms with van der Waals surface area (Å²) in [5.74, 6) is -4.64. The quantitative estimate of drug-likeness (QED) is 0.0550. The second kappa shape index (κ2) is 26.5. The fourth-order valence-electron chi connectivity index (χ4n) is 5.81. The van der Waals surface area contributed by atoms with Crippen LogP contribution in [0, 0.1) is 5.92 Å². The van der Waals surface area contributed by atoms with E-state index in [-0.39, 0.29) is 61.7 Å². The highest BCUT2D eigenvalue weighted by Crippen LogP contribution is 2.43. The number of carboxylic acids is 1. The van der Waals surface area contributed by atoms with Crippen LogP contribution in [0.2, 0.25) is 0 Å². The van der Waals surface area contributed by atoms with Crippen LogP contribution < -0.4 is 32.3 Å². The van der Waals surface area contributed by atoms with E-state index in [2.05, 4.69) is 26.6 Å². The van der Waals surface area contributed by atoms with Crippen LogP contribution >= 0.6 is 43.2 Å².